The Morgan fingerprint density at radius 2 is 1.74 bits per heavy atom. The smallest absolute Gasteiger partial charge is 0.147 e. The maximum Gasteiger partial charge on any atom is 0.147 e. The van der Waals surface area contributed by atoms with Gasteiger partial charge in [-0.05, 0) is 47.6 Å². The molecule has 0 spiro atoms. The first-order chi connectivity index (χ1) is 13.1. The van der Waals surface area contributed by atoms with Crippen molar-refractivity contribution in [2.24, 2.45) is 0 Å². The summed E-state index contributed by atoms with van der Waals surface area (Å²) in [6.45, 7) is 4.35. The van der Waals surface area contributed by atoms with E-state index >= 15 is 0 Å². The van der Waals surface area contributed by atoms with Crippen molar-refractivity contribution in [3.05, 3.63) is 64.7 Å². The van der Waals surface area contributed by atoms with E-state index in [-0.39, 0.29) is 18.1 Å². The average Bonchev–Trinajstić information content (AvgIpc) is 2.83. The molecule has 1 saturated heterocycles. The highest BCUT2D eigenvalue weighted by Crippen LogP contribution is 2.34. The monoisotopic (exact) mass is 386 g/mol. The lowest BCUT2D eigenvalue weighted by atomic mass is 10.0. The first kappa shape index (κ1) is 20.2. The maximum absolute atomic E-state index is 10.2. The highest BCUT2D eigenvalue weighted by molar-refractivity contribution is 8.00. The summed E-state index contributed by atoms with van der Waals surface area (Å²) < 4.78 is 6.36. The summed E-state index contributed by atoms with van der Waals surface area (Å²) in [6, 6.07) is 14.7. The number of benzene rings is 2. The fourth-order valence-electron chi connectivity index (χ4n) is 3.43. The molecule has 0 radical (unpaired) electrons. The Hall–Kier alpha value is -1.49. The molecule has 4 heteroatoms. The molecule has 0 saturated carbocycles. The minimum atomic E-state index is -0.307. The lowest BCUT2D eigenvalue weighted by Gasteiger charge is -2.22. The van der Waals surface area contributed by atoms with E-state index < -0.39 is 0 Å². The third-order valence-electron chi connectivity index (χ3n) is 5.15. The molecule has 1 heterocycles. The van der Waals surface area contributed by atoms with E-state index in [1.165, 1.54) is 11.1 Å². The fourth-order valence-corrected chi connectivity index (χ4v) is 4.72. The van der Waals surface area contributed by atoms with Crippen LogP contribution in [0.1, 0.15) is 55.4 Å². The Kier molecular flexibility index (Phi) is 7.22. The molecule has 2 N–H and O–H groups in total. The van der Waals surface area contributed by atoms with Gasteiger partial charge in [-0.2, -0.15) is 0 Å². The minimum absolute atomic E-state index is 0.00132. The molecule has 3 nitrogen and oxygen atoms in total. The topological polar surface area (TPSA) is 49.7 Å². The quantitative estimate of drug-likeness (QED) is 0.755. The van der Waals surface area contributed by atoms with Crippen molar-refractivity contribution in [2.75, 3.05) is 0 Å². The van der Waals surface area contributed by atoms with E-state index in [9.17, 15) is 10.2 Å². The summed E-state index contributed by atoms with van der Waals surface area (Å²) in [5, 5.41) is 20.2. The molecule has 1 fully saturated rings. The van der Waals surface area contributed by atoms with Gasteiger partial charge in [-0.3, -0.25) is 0 Å². The van der Waals surface area contributed by atoms with Crippen molar-refractivity contribution >= 4 is 11.8 Å². The highest BCUT2D eigenvalue weighted by Gasteiger charge is 2.25. The van der Waals surface area contributed by atoms with Gasteiger partial charge in [0.05, 0.1) is 12.7 Å². The van der Waals surface area contributed by atoms with Gasteiger partial charge >= 0.3 is 0 Å². The van der Waals surface area contributed by atoms with E-state index in [0.29, 0.717) is 11.7 Å². The molecule has 3 unspecified atom stereocenters. The summed E-state index contributed by atoms with van der Waals surface area (Å²) in [6.07, 6.45) is 4.02. The molecule has 1 aliphatic heterocycles. The van der Waals surface area contributed by atoms with Crippen LogP contribution in [-0.4, -0.2) is 27.0 Å². The molecule has 0 amide bonds. The van der Waals surface area contributed by atoms with Crippen LogP contribution in [-0.2, 0) is 19.4 Å². The summed E-state index contributed by atoms with van der Waals surface area (Å²) in [4.78, 5) is 0. The van der Waals surface area contributed by atoms with E-state index in [1.807, 2.05) is 12.1 Å². The second-order valence-electron chi connectivity index (χ2n) is 7.41. The van der Waals surface area contributed by atoms with Crippen LogP contribution in [0, 0.1) is 0 Å². The Balaban J connectivity index is 1.81. The van der Waals surface area contributed by atoms with Gasteiger partial charge in [-0.25, -0.2) is 0 Å². The molecule has 0 aromatic heterocycles. The second kappa shape index (κ2) is 9.63. The van der Waals surface area contributed by atoms with Gasteiger partial charge in [0.15, 0.2) is 0 Å². The summed E-state index contributed by atoms with van der Waals surface area (Å²) >= 11 is 1.79. The number of hydrogen-bond acceptors (Lipinski definition) is 4. The van der Waals surface area contributed by atoms with Crippen LogP contribution in [0.5, 0.6) is 5.75 Å². The fraction of sp³-hybridized carbons (Fsp3) is 0.478. The second-order valence-corrected chi connectivity index (χ2v) is 9.01. The maximum atomic E-state index is 10.2. The zero-order valence-electron chi connectivity index (χ0n) is 16.2. The zero-order valence-corrected chi connectivity index (χ0v) is 17.0. The molecule has 27 heavy (non-hydrogen) atoms. The van der Waals surface area contributed by atoms with Crippen LogP contribution in [0.4, 0.5) is 0 Å². The first-order valence-corrected chi connectivity index (χ1v) is 10.8. The Morgan fingerprint density at radius 1 is 1.04 bits per heavy atom. The highest BCUT2D eigenvalue weighted by atomic mass is 32.2. The van der Waals surface area contributed by atoms with Gasteiger partial charge in [-0.1, -0.05) is 50.2 Å². The minimum Gasteiger partial charge on any atom is -0.479 e. The van der Waals surface area contributed by atoms with Gasteiger partial charge in [0.1, 0.15) is 11.2 Å². The van der Waals surface area contributed by atoms with Crippen LogP contribution >= 0.6 is 11.8 Å². The molecule has 0 bridgehead atoms. The largest absolute Gasteiger partial charge is 0.479 e. The van der Waals surface area contributed by atoms with Gasteiger partial charge in [0.2, 0.25) is 0 Å². The van der Waals surface area contributed by atoms with Gasteiger partial charge in [0, 0.05) is 18.1 Å². The lowest BCUT2D eigenvalue weighted by molar-refractivity contribution is 0.123. The van der Waals surface area contributed by atoms with Crippen molar-refractivity contribution in [3.63, 3.8) is 0 Å². The summed E-state index contributed by atoms with van der Waals surface area (Å²) in [5.41, 5.74) is 4.48. The average molecular weight is 387 g/mol. The molecule has 146 valence electrons. The van der Waals surface area contributed by atoms with Gasteiger partial charge in [-0.15, -0.1) is 11.8 Å². The van der Waals surface area contributed by atoms with Crippen molar-refractivity contribution in [3.8, 4) is 5.75 Å². The van der Waals surface area contributed by atoms with Crippen LogP contribution in [0.25, 0.3) is 0 Å². The van der Waals surface area contributed by atoms with Crippen molar-refractivity contribution in [1.82, 2.24) is 0 Å². The predicted octanol–water partition coefficient (Wildman–Crippen LogP) is 4.70. The van der Waals surface area contributed by atoms with Crippen LogP contribution in [0.2, 0.25) is 0 Å². The third-order valence-corrected chi connectivity index (χ3v) is 6.45. The van der Waals surface area contributed by atoms with Crippen molar-refractivity contribution in [1.29, 1.82) is 0 Å². The molecule has 2 aromatic rings. The number of ether oxygens (including phenoxy) is 1. The molecule has 3 atom stereocenters. The molecular formula is C23H30O3S. The van der Waals surface area contributed by atoms with Crippen molar-refractivity contribution in [2.45, 2.75) is 69.3 Å². The van der Waals surface area contributed by atoms with Crippen LogP contribution in [0.15, 0.2) is 42.5 Å². The predicted molar refractivity (Wildman–Crippen MR) is 112 cm³/mol. The number of aryl methyl sites for hydroxylation is 1. The molecular weight excluding hydrogens is 356 g/mol. The lowest BCUT2D eigenvalue weighted by Crippen LogP contribution is -2.19. The molecule has 0 aliphatic carbocycles. The number of rotatable bonds is 6. The Bertz CT molecular complexity index is 717. The normalized spacial score (nSPS) is 23.0. The summed E-state index contributed by atoms with van der Waals surface area (Å²) in [7, 11) is 0. The number of aliphatic hydroxyl groups is 2. The third kappa shape index (κ3) is 5.74. The van der Waals surface area contributed by atoms with Crippen LogP contribution in [0.3, 0.4) is 0 Å². The first-order valence-electron chi connectivity index (χ1n) is 9.88. The Morgan fingerprint density at radius 3 is 2.44 bits per heavy atom. The number of thioether (sulfide) groups is 1. The van der Waals surface area contributed by atoms with E-state index in [4.69, 9.17) is 4.74 Å². The van der Waals surface area contributed by atoms with Crippen LogP contribution < -0.4 is 4.74 Å². The molecule has 2 aromatic carbocycles. The van der Waals surface area contributed by atoms with E-state index in [1.54, 1.807) is 11.8 Å². The summed E-state index contributed by atoms with van der Waals surface area (Å²) in [5.74, 6) is 0.819. The molecule has 1 aliphatic rings. The van der Waals surface area contributed by atoms with E-state index in [0.717, 1.165) is 42.6 Å². The van der Waals surface area contributed by atoms with Crippen molar-refractivity contribution < 1.29 is 14.9 Å². The standard InChI is InChI=1S/C23H30O3S/c1-3-17-5-7-18(8-6-17)12-20-10-9-19(15-24)13-22(20)26-23-14-21(25)11-4-16(2)27-23/h5-10,13,16,21,23-25H,3-4,11-12,14-15H2,1-2H3. The SMILES string of the molecule is CCc1ccc(Cc2ccc(CO)cc2OC2CC(O)CCC(C)S2)cc1. The van der Waals surface area contributed by atoms with E-state index in [2.05, 4.69) is 44.2 Å². The van der Waals surface area contributed by atoms with Gasteiger partial charge < -0.3 is 14.9 Å². The number of hydrogen-bond donors (Lipinski definition) is 2. The zero-order chi connectivity index (χ0) is 19.2. The van der Waals surface area contributed by atoms with Gasteiger partial charge in [0.25, 0.3) is 0 Å². The number of aliphatic hydroxyl groups excluding tert-OH is 2. The molecule has 3 rings (SSSR count). The Labute approximate surface area is 166 Å².